The van der Waals surface area contributed by atoms with Gasteiger partial charge >= 0.3 is 0 Å². The lowest BCUT2D eigenvalue weighted by Crippen LogP contribution is -2.58. The summed E-state index contributed by atoms with van der Waals surface area (Å²) in [7, 11) is 0. The van der Waals surface area contributed by atoms with Crippen molar-refractivity contribution < 1.29 is 4.79 Å². The molecule has 0 spiro atoms. The van der Waals surface area contributed by atoms with Gasteiger partial charge in [0, 0.05) is 43.7 Å². The smallest absolute Gasteiger partial charge is 0.240 e. The van der Waals surface area contributed by atoms with Crippen molar-refractivity contribution in [1.29, 1.82) is 0 Å². The molecule has 2 saturated heterocycles. The van der Waals surface area contributed by atoms with Crippen LogP contribution >= 0.6 is 11.8 Å². The van der Waals surface area contributed by atoms with E-state index in [4.69, 9.17) is 0 Å². The molecule has 0 bridgehead atoms. The van der Waals surface area contributed by atoms with Crippen molar-refractivity contribution in [1.82, 2.24) is 15.1 Å². The highest BCUT2D eigenvalue weighted by Crippen LogP contribution is 2.14. The highest BCUT2D eigenvalue weighted by molar-refractivity contribution is 7.99. The predicted molar refractivity (Wildman–Crippen MR) is 72.4 cm³/mol. The van der Waals surface area contributed by atoms with E-state index in [9.17, 15) is 4.79 Å². The summed E-state index contributed by atoms with van der Waals surface area (Å²) in [5.74, 6) is 2.37. The minimum absolute atomic E-state index is 0.0501. The van der Waals surface area contributed by atoms with Crippen LogP contribution in [0.3, 0.4) is 0 Å². The summed E-state index contributed by atoms with van der Waals surface area (Å²) in [5, 5.41) is 3.33. The molecule has 0 aromatic carbocycles. The van der Waals surface area contributed by atoms with Gasteiger partial charge in [0.25, 0.3) is 0 Å². The van der Waals surface area contributed by atoms with Crippen LogP contribution in [-0.4, -0.2) is 72.0 Å². The Labute approximate surface area is 108 Å². The Morgan fingerprint density at radius 1 is 1.47 bits per heavy atom. The number of carbonyl (C=O) groups is 1. The molecule has 2 heterocycles. The number of likely N-dealkylation sites (N-methyl/N-ethyl adjacent to an activating group) is 1. The van der Waals surface area contributed by atoms with Gasteiger partial charge in [-0.15, -0.1) is 0 Å². The lowest BCUT2D eigenvalue weighted by Gasteiger charge is -2.41. The zero-order valence-corrected chi connectivity index (χ0v) is 11.6. The van der Waals surface area contributed by atoms with Gasteiger partial charge in [0.15, 0.2) is 0 Å². The minimum atomic E-state index is 0.0501. The zero-order chi connectivity index (χ0) is 12.3. The summed E-state index contributed by atoms with van der Waals surface area (Å²) in [6, 6.07) is 0.545. The summed E-state index contributed by atoms with van der Waals surface area (Å²) in [6.45, 7) is 9.24. The van der Waals surface area contributed by atoms with Crippen molar-refractivity contribution >= 4 is 17.7 Å². The lowest BCUT2D eigenvalue weighted by molar-refractivity contribution is -0.135. The van der Waals surface area contributed by atoms with E-state index in [2.05, 4.69) is 24.1 Å². The Kier molecular flexibility index (Phi) is 4.70. The average molecular weight is 257 g/mol. The second-order valence-corrected chi connectivity index (χ2v) is 5.99. The number of nitrogens with zero attached hydrogens (tertiary/aromatic N) is 2. The molecule has 5 heteroatoms. The third-order valence-corrected chi connectivity index (χ3v) is 4.76. The molecule has 0 aromatic rings. The molecule has 2 rings (SSSR count). The number of nitrogens with one attached hydrogen (secondary N) is 1. The zero-order valence-electron chi connectivity index (χ0n) is 10.8. The van der Waals surface area contributed by atoms with Crippen LogP contribution in [0.15, 0.2) is 0 Å². The molecule has 98 valence electrons. The summed E-state index contributed by atoms with van der Waals surface area (Å²) in [6.07, 6.45) is 0. The Balaban J connectivity index is 1.87. The van der Waals surface area contributed by atoms with Gasteiger partial charge in [-0.25, -0.2) is 0 Å². The number of hydrogen-bond donors (Lipinski definition) is 1. The molecule has 2 aliphatic rings. The number of carbonyl (C=O) groups excluding carboxylic acids is 1. The van der Waals surface area contributed by atoms with Crippen molar-refractivity contribution in [3.63, 3.8) is 0 Å². The first-order valence-corrected chi connectivity index (χ1v) is 7.71. The molecule has 0 aliphatic carbocycles. The molecular weight excluding hydrogens is 234 g/mol. The maximum Gasteiger partial charge on any atom is 0.240 e. The highest BCUT2D eigenvalue weighted by Gasteiger charge is 2.30. The van der Waals surface area contributed by atoms with E-state index >= 15 is 0 Å². The van der Waals surface area contributed by atoms with Crippen LogP contribution in [0.5, 0.6) is 0 Å². The van der Waals surface area contributed by atoms with Gasteiger partial charge in [0.05, 0.1) is 6.04 Å². The minimum Gasteiger partial charge on any atom is -0.338 e. The fraction of sp³-hybridized carbons (Fsp3) is 0.917. The summed E-state index contributed by atoms with van der Waals surface area (Å²) in [5.41, 5.74) is 0. The average Bonchev–Trinajstić information content (AvgIpc) is 2.39. The third-order valence-electron chi connectivity index (χ3n) is 3.70. The fourth-order valence-electron chi connectivity index (χ4n) is 2.61. The number of piperazine rings is 1. The van der Waals surface area contributed by atoms with Gasteiger partial charge in [0.2, 0.25) is 5.91 Å². The SMILES string of the molecule is CCN1CCN(C(=O)C2CSCCN2)CC1C. The van der Waals surface area contributed by atoms with Crippen LogP contribution in [0.1, 0.15) is 13.8 Å². The predicted octanol–water partition coefficient (Wildman–Crippen LogP) is 0.244. The fourth-order valence-corrected chi connectivity index (χ4v) is 3.53. The van der Waals surface area contributed by atoms with E-state index in [0.29, 0.717) is 11.9 Å². The summed E-state index contributed by atoms with van der Waals surface area (Å²) >= 11 is 1.88. The summed E-state index contributed by atoms with van der Waals surface area (Å²) in [4.78, 5) is 16.8. The second-order valence-electron chi connectivity index (χ2n) is 4.84. The van der Waals surface area contributed by atoms with Crippen LogP contribution in [0.25, 0.3) is 0 Å². The van der Waals surface area contributed by atoms with E-state index in [1.807, 2.05) is 16.7 Å². The van der Waals surface area contributed by atoms with Gasteiger partial charge in [-0.1, -0.05) is 6.92 Å². The normalized spacial score (nSPS) is 31.5. The molecule has 0 aromatic heterocycles. The molecule has 2 atom stereocenters. The van der Waals surface area contributed by atoms with Crippen molar-refractivity contribution in [3.8, 4) is 0 Å². The lowest BCUT2D eigenvalue weighted by atomic mass is 10.1. The monoisotopic (exact) mass is 257 g/mol. The molecule has 0 radical (unpaired) electrons. The maximum absolute atomic E-state index is 12.3. The molecule has 1 amide bonds. The van der Waals surface area contributed by atoms with E-state index in [1.165, 1.54) is 0 Å². The van der Waals surface area contributed by atoms with Crippen molar-refractivity contribution in [3.05, 3.63) is 0 Å². The second kappa shape index (κ2) is 6.07. The maximum atomic E-state index is 12.3. The Hall–Kier alpha value is -0.260. The van der Waals surface area contributed by atoms with Crippen molar-refractivity contribution in [2.75, 3.05) is 44.2 Å². The topological polar surface area (TPSA) is 35.6 Å². The van der Waals surface area contributed by atoms with Crippen LogP contribution in [0.2, 0.25) is 0 Å². The first kappa shape index (κ1) is 13.2. The Bertz CT molecular complexity index is 268. The molecule has 2 fully saturated rings. The van der Waals surface area contributed by atoms with Crippen LogP contribution in [0.4, 0.5) is 0 Å². The molecule has 2 aliphatic heterocycles. The van der Waals surface area contributed by atoms with Crippen LogP contribution in [-0.2, 0) is 4.79 Å². The quantitative estimate of drug-likeness (QED) is 0.769. The van der Waals surface area contributed by atoms with Gasteiger partial charge in [0.1, 0.15) is 0 Å². The highest BCUT2D eigenvalue weighted by atomic mass is 32.2. The molecular formula is C12H23N3OS. The van der Waals surface area contributed by atoms with Crippen LogP contribution < -0.4 is 5.32 Å². The van der Waals surface area contributed by atoms with Crippen LogP contribution in [0, 0.1) is 0 Å². The first-order chi connectivity index (χ1) is 8.22. The van der Waals surface area contributed by atoms with Crippen molar-refractivity contribution in [2.24, 2.45) is 0 Å². The number of hydrogen-bond acceptors (Lipinski definition) is 4. The standard InChI is InChI=1S/C12H23N3OS/c1-3-14-5-6-15(8-10(14)2)12(16)11-9-17-7-4-13-11/h10-11,13H,3-9H2,1-2H3. The molecule has 1 N–H and O–H groups in total. The molecule has 17 heavy (non-hydrogen) atoms. The van der Waals surface area contributed by atoms with Gasteiger partial charge in [-0.3, -0.25) is 9.69 Å². The largest absolute Gasteiger partial charge is 0.338 e. The van der Waals surface area contributed by atoms with E-state index < -0.39 is 0 Å². The summed E-state index contributed by atoms with van der Waals surface area (Å²) < 4.78 is 0. The van der Waals surface area contributed by atoms with Gasteiger partial charge in [-0.05, 0) is 13.5 Å². The van der Waals surface area contributed by atoms with E-state index in [1.54, 1.807) is 0 Å². The number of amides is 1. The van der Waals surface area contributed by atoms with E-state index in [0.717, 1.165) is 44.2 Å². The molecule has 0 saturated carbocycles. The van der Waals surface area contributed by atoms with Crippen molar-refractivity contribution in [2.45, 2.75) is 25.9 Å². The Morgan fingerprint density at radius 3 is 2.88 bits per heavy atom. The molecule has 2 unspecified atom stereocenters. The first-order valence-electron chi connectivity index (χ1n) is 6.56. The number of rotatable bonds is 2. The van der Waals surface area contributed by atoms with E-state index in [-0.39, 0.29) is 6.04 Å². The number of thioether (sulfide) groups is 1. The molecule has 4 nitrogen and oxygen atoms in total. The third kappa shape index (κ3) is 3.14. The van der Waals surface area contributed by atoms with Gasteiger partial charge in [-0.2, -0.15) is 11.8 Å². The van der Waals surface area contributed by atoms with Gasteiger partial charge < -0.3 is 10.2 Å². The Morgan fingerprint density at radius 2 is 2.29 bits per heavy atom.